The van der Waals surface area contributed by atoms with Crippen molar-refractivity contribution in [2.24, 2.45) is 0 Å². The van der Waals surface area contributed by atoms with Crippen molar-refractivity contribution in [3.8, 4) is 5.88 Å². The first-order chi connectivity index (χ1) is 10.6. The number of amides is 1. The average Bonchev–Trinajstić information content (AvgIpc) is 3.17. The quantitative estimate of drug-likeness (QED) is 0.937. The van der Waals surface area contributed by atoms with Gasteiger partial charge in [-0.15, -0.1) is 21.5 Å². The van der Waals surface area contributed by atoms with Crippen LogP contribution >= 0.6 is 11.3 Å². The minimum Gasteiger partial charge on any atom is -0.480 e. The lowest BCUT2D eigenvalue weighted by Crippen LogP contribution is -2.44. The zero-order valence-electron chi connectivity index (χ0n) is 12.6. The molecule has 22 heavy (non-hydrogen) atoms. The first-order valence-corrected chi connectivity index (χ1v) is 8.14. The molecule has 0 aliphatic heterocycles. The lowest BCUT2D eigenvalue weighted by atomic mass is 9.98. The van der Waals surface area contributed by atoms with E-state index in [1.165, 1.54) is 7.11 Å². The number of rotatable bonds is 4. The van der Waals surface area contributed by atoms with Crippen LogP contribution < -0.4 is 10.1 Å². The summed E-state index contributed by atoms with van der Waals surface area (Å²) in [5.74, 6) is 0.174. The van der Waals surface area contributed by atoms with Gasteiger partial charge in [-0.25, -0.2) is 4.98 Å². The van der Waals surface area contributed by atoms with Gasteiger partial charge in [0.2, 0.25) is 5.88 Å². The van der Waals surface area contributed by atoms with E-state index in [9.17, 15) is 4.79 Å². The van der Waals surface area contributed by atoms with E-state index in [1.807, 2.05) is 12.3 Å². The predicted molar refractivity (Wildman–Crippen MR) is 83.0 cm³/mol. The molecule has 0 radical (unpaired) electrons. The highest BCUT2D eigenvalue weighted by Crippen LogP contribution is 2.40. The van der Waals surface area contributed by atoms with Crippen LogP contribution in [0.1, 0.15) is 46.9 Å². The third kappa shape index (κ3) is 2.81. The van der Waals surface area contributed by atoms with Crippen molar-refractivity contribution in [2.75, 3.05) is 7.11 Å². The van der Waals surface area contributed by atoms with E-state index in [2.05, 4.69) is 20.5 Å². The number of carbonyl (C=O) groups excluding carboxylic acids is 1. The Morgan fingerprint density at radius 3 is 2.64 bits per heavy atom. The van der Waals surface area contributed by atoms with Crippen LogP contribution in [0, 0.1) is 6.92 Å². The summed E-state index contributed by atoms with van der Waals surface area (Å²) in [7, 11) is 1.52. The maximum atomic E-state index is 12.5. The van der Waals surface area contributed by atoms with Crippen LogP contribution in [0.4, 0.5) is 0 Å². The van der Waals surface area contributed by atoms with Gasteiger partial charge in [0.1, 0.15) is 5.01 Å². The van der Waals surface area contributed by atoms with E-state index in [0.29, 0.717) is 11.6 Å². The number of ether oxygens (including phenoxy) is 1. The Hall–Kier alpha value is -2.02. The zero-order valence-corrected chi connectivity index (χ0v) is 13.4. The fourth-order valence-electron chi connectivity index (χ4n) is 2.78. The van der Waals surface area contributed by atoms with Crippen LogP contribution in [0.25, 0.3) is 0 Å². The number of thiazole rings is 1. The number of hydrogen-bond acceptors (Lipinski definition) is 6. The highest BCUT2D eigenvalue weighted by atomic mass is 32.1. The van der Waals surface area contributed by atoms with Gasteiger partial charge in [0.25, 0.3) is 5.91 Å². The van der Waals surface area contributed by atoms with E-state index >= 15 is 0 Å². The first kappa shape index (κ1) is 14.9. The van der Waals surface area contributed by atoms with Crippen LogP contribution in [0.5, 0.6) is 5.88 Å². The van der Waals surface area contributed by atoms with Crippen LogP contribution in [0.2, 0.25) is 0 Å². The van der Waals surface area contributed by atoms with E-state index < -0.39 is 0 Å². The lowest BCUT2D eigenvalue weighted by Gasteiger charge is -2.27. The summed E-state index contributed by atoms with van der Waals surface area (Å²) in [5, 5.41) is 13.9. The summed E-state index contributed by atoms with van der Waals surface area (Å²) in [6.45, 7) is 1.97. The van der Waals surface area contributed by atoms with E-state index in [4.69, 9.17) is 4.74 Å². The van der Waals surface area contributed by atoms with Crippen molar-refractivity contribution >= 4 is 17.2 Å². The van der Waals surface area contributed by atoms with Crippen molar-refractivity contribution in [3.05, 3.63) is 33.9 Å². The Labute approximate surface area is 132 Å². The molecule has 0 saturated heterocycles. The number of carbonyl (C=O) groups is 1. The van der Waals surface area contributed by atoms with Gasteiger partial charge >= 0.3 is 0 Å². The van der Waals surface area contributed by atoms with E-state index in [0.717, 1.165) is 36.4 Å². The highest BCUT2D eigenvalue weighted by molar-refractivity contribution is 7.09. The van der Waals surface area contributed by atoms with Gasteiger partial charge in [-0.2, -0.15) is 0 Å². The monoisotopic (exact) mass is 318 g/mol. The molecule has 3 rings (SSSR count). The predicted octanol–water partition coefficient (Wildman–Crippen LogP) is 2.45. The second kappa shape index (κ2) is 6.00. The third-order valence-corrected chi connectivity index (χ3v) is 5.08. The summed E-state index contributed by atoms with van der Waals surface area (Å²) in [4.78, 5) is 17.1. The first-order valence-electron chi connectivity index (χ1n) is 7.26. The minimum absolute atomic E-state index is 0.218. The number of nitrogens with one attached hydrogen (secondary N) is 1. The molecule has 2 heterocycles. The molecule has 1 amide bonds. The van der Waals surface area contributed by atoms with Gasteiger partial charge in [0, 0.05) is 17.1 Å². The fourth-order valence-corrected chi connectivity index (χ4v) is 3.79. The van der Waals surface area contributed by atoms with Gasteiger partial charge in [-0.3, -0.25) is 4.79 Å². The van der Waals surface area contributed by atoms with E-state index in [-0.39, 0.29) is 11.4 Å². The summed E-state index contributed by atoms with van der Waals surface area (Å²) >= 11 is 1.61. The van der Waals surface area contributed by atoms with Crippen molar-refractivity contribution in [3.63, 3.8) is 0 Å². The molecule has 1 N–H and O–H groups in total. The number of aryl methyl sites for hydroxylation is 1. The smallest absolute Gasteiger partial charge is 0.272 e. The molecular formula is C15H18N4O2S. The third-order valence-electron chi connectivity index (χ3n) is 3.92. The van der Waals surface area contributed by atoms with Crippen LogP contribution in [-0.2, 0) is 5.54 Å². The Balaban J connectivity index is 1.83. The van der Waals surface area contributed by atoms with Crippen molar-refractivity contribution in [1.82, 2.24) is 20.5 Å². The SMILES string of the molecule is COc1ccc(C(=O)NC2(c3nc(C)cs3)CCCC2)nn1. The Morgan fingerprint density at radius 1 is 1.32 bits per heavy atom. The van der Waals surface area contributed by atoms with Gasteiger partial charge in [-0.05, 0) is 25.8 Å². The van der Waals surface area contributed by atoms with Crippen molar-refractivity contribution in [2.45, 2.75) is 38.1 Å². The molecule has 1 fully saturated rings. The molecule has 0 spiro atoms. The largest absolute Gasteiger partial charge is 0.480 e. The molecule has 1 saturated carbocycles. The molecular weight excluding hydrogens is 300 g/mol. The van der Waals surface area contributed by atoms with Gasteiger partial charge in [0.15, 0.2) is 5.69 Å². The van der Waals surface area contributed by atoms with Crippen molar-refractivity contribution in [1.29, 1.82) is 0 Å². The maximum absolute atomic E-state index is 12.5. The van der Waals surface area contributed by atoms with Crippen LogP contribution in [-0.4, -0.2) is 28.2 Å². The average molecular weight is 318 g/mol. The number of aromatic nitrogens is 3. The van der Waals surface area contributed by atoms with Crippen molar-refractivity contribution < 1.29 is 9.53 Å². The molecule has 2 aromatic heterocycles. The van der Waals surface area contributed by atoms with E-state index in [1.54, 1.807) is 23.5 Å². The Kier molecular flexibility index (Phi) is 4.06. The van der Waals surface area contributed by atoms with Gasteiger partial charge in [0.05, 0.1) is 12.6 Å². The maximum Gasteiger partial charge on any atom is 0.272 e. The highest BCUT2D eigenvalue weighted by Gasteiger charge is 2.40. The van der Waals surface area contributed by atoms with Gasteiger partial charge in [-0.1, -0.05) is 12.8 Å². The number of methoxy groups -OCH3 is 1. The second-order valence-corrected chi connectivity index (χ2v) is 6.36. The molecule has 2 aromatic rings. The fraction of sp³-hybridized carbons (Fsp3) is 0.467. The number of nitrogens with zero attached hydrogens (tertiary/aromatic N) is 3. The topological polar surface area (TPSA) is 77.0 Å². The van der Waals surface area contributed by atoms with Gasteiger partial charge < -0.3 is 10.1 Å². The molecule has 1 aliphatic rings. The Bertz CT molecular complexity index is 662. The molecule has 1 aliphatic carbocycles. The zero-order chi connectivity index (χ0) is 15.6. The molecule has 0 atom stereocenters. The molecule has 0 aromatic carbocycles. The summed E-state index contributed by atoms with van der Waals surface area (Å²) in [6, 6.07) is 3.26. The number of hydrogen-bond donors (Lipinski definition) is 1. The Morgan fingerprint density at radius 2 is 2.09 bits per heavy atom. The summed E-state index contributed by atoms with van der Waals surface area (Å²) in [5.41, 5.74) is 0.919. The summed E-state index contributed by atoms with van der Waals surface area (Å²) in [6.07, 6.45) is 4.00. The molecule has 116 valence electrons. The summed E-state index contributed by atoms with van der Waals surface area (Å²) < 4.78 is 4.96. The standard InChI is InChI=1S/C15H18N4O2S/c1-10-9-22-14(16-10)15(7-3-4-8-15)17-13(20)11-5-6-12(21-2)19-18-11/h5-6,9H,3-4,7-8H2,1-2H3,(H,17,20). The van der Waals surface area contributed by atoms with Crippen LogP contribution in [0.15, 0.2) is 17.5 Å². The molecule has 6 nitrogen and oxygen atoms in total. The normalized spacial score (nSPS) is 16.5. The minimum atomic E-state index is -0.363. The molecule has 7 heteroatoms. The molecule has 0 bridgehead atoms. The lowest BCUT2D eigenvalue weighted by molar-refractivity contribution is 0.0891. The molecule has 0 unspecified atom stereocenters. The van der Waals surface area contributed by atoms with Crippen LogP contribution in [0.3, 0.4) is 0 Å². The second-order valence-electron chi connectivity index (χ2n) is 5.50.